The van der Waals surface area contributed by atoms with Gasteiger partial charge in [-0.1, -0.05) is 11.8 Å². The van der Waals surface area contributed by atoms with Gasteiger partial charge in [-0.3, -0.25) is 9.36 Å². The number of carbonyl (C=O) groups excluding carboxylic acids is 1. The molecule has 0 N–H and O–H groups in total. The van der Waals surface area contributed by atoms with Gasteiger partial charge in [0.2, 0.25) is 0 Å². The molecule has 0 aliphatic heterocycles. The number of fused-ring (bicyclic) bond motifs is 3. The quantitative estimate of drug-likeness (QED) is 0.416. The van der Waals surface area contributed by atoms with Crippen molar-refractivity contribution >= 4 is 39.3 Å². The van der Waals surface area contributed by atoms with Gasteiger partial charge in [0.05, 0.1) is 11.4 Å². The lowest BCUT2D eigenvalue weighted by Gasteiger charge is -2.12. The third-order valence-corrected chi connectivity index (χ3v) is 5.97. The number of hydrogen-bond acceptors (Lipinski definition) is 7. The number of carboxylic acids is 1. The van der Waals surface area contributed by atoms with Gasteiger partial charge in [-0.25, -0.2) is 4.98 Å². The molecule has 1 aliphatic rings. The van der Waals surface area contributed by atoms with E-state index in [4.69, 9.17) is 4.74 Å². The third kappa shape index (κ3) is 3.29. The molecule has 0 atom stereocenters. The Morgan fingerprint density at radius 1 is 1.48 bits per heavy atom. The molecule has 0 amide bonds. The first-order valence-corrected chi connectivity index (χ1v) is 9.28. The number of aryl methyl sites for hydroxylation is 2. The molecule has 8 heteroatoms. The van der Waals surface area contributed by atoms with Crippen LogP contribution in [0.3, 0.4) is 0 Å². The Kier molecular flexibility index (Phi) is 5.03. The van der Waals surface area contributed by atoms with E-state index in [1.54, 1.807) is 23.0 Å². The summed E-state index contributed by atoms with van der Waals surface area (Å²) in [5.74, 6) is -1.38. The van der Waals surface area contributed by atoms with Crippen LogP contribution in [0.4, 0.5) is 0 Å². The highest BCUT2D eigenvalue weighted by Gasteiger charge is 2.23. The number of rotatable bonds is 7. The van der Waals surface area contributed by atoms with Crippen molar-refractivity contribution in [3.63, 3.8) is 0 Å². The molecule has 0 radical (unpaired) electrons. The Morgan fingerprint density at radius 2 is 2.30 bits per heavy atom. The van der Waals surface area contributed by atoms with Crippen molar-refractivity contribution in [2.45, 2.75) is 37.4 Å². The summed E-state index contributed by atoms with van der Waals surface area (Å²) in [5, 5.41) is 11.9. The van der Waals surface area contributed by atoms with Crippen LogP contribution >= 0.6 is 23.1 Å². The number of aliphatic carboxylic acids is 1. The lowest BCUT2D eigenvalue weighted by Crippen LogP contribution is -2.27. The fourth-order valence-electron chi connectivity index (χ4n) is 2.86. The first-order valence-electron chi connectivity index (χ1n) is 7.48. The number of carbonyl (C=O) groups is 1. The molecule has 2 heterocycles. The fourth-order valence-corrected chi connectivity index (χ4v) is 4.90. The summed E-state index contributed by atoms with van der Waals surface area (Å²) in [5.41, 5.74) is 1.07. The topological polar surface area (TPSA) is 84.2 Å². The van der Waals surface area contributed by atoms with Gasteiger partial charge in [0.1, 0.15) is 4.83 Å². The van der Waals surface area contributed by atoms with Crippen LogP contribution in [0.25, 0.3) is 10.2 Å². The van der Waals surface area contributed by atoms with Gasteiger partial charge in [0, 0.05) is 30.9 Å². The number of thiophene rings is 1. The maximum absolute atomic E-state index is 12.9. The van der Waals surface area contributed by atoms with Crippen molar-refractivity contribution in [2.75, 3.05) is 19.5 Å². The van der Waals surface area contributed by atoms with E-state index in [1.807, 2.05) is 0 Å². The highest BCUT2D eigenvalue weighted by atomic mass is 32.2. The summed E-state index contributed by atoms with van der Waals surface area (Å²) in [6.45, 7) is 1.01. The van der Waals surface area contributed by atoms with Crippen molar-refractivity contribution in [1.82, 2.24) is 9.55 Å². The zero-order valence-electron chi connectivity index (χ0n) is 12.8. The Labute approximate surface area is 141 Å². The van der Waals surface area contributed by atoms with Crippen LogP contribution in [0.1, 0.15) is 23.3 Å². The summed E-state index contributed by atoms with van der Waals surface area (Å²) in [7, 11) is 1.61. The lowest BCUT2D eigenvalue weighted by atomic mass is 10.2. The van der Waals surface area contributed by atoms with E-state index < -0.39 is 5.97 Å². The molecule has 2 aromatic rings. The van der Waals surface area contributed by atoms with Crippen LogP contribution in [0.5, 0.6) is 0 Å². The molecule has 0 unspecified atom stereocenters. The molecule has 3 rings (SSSR count). The largest absolute Gasteiger partial charge is 0.549 e. The number of carboxylic acid groups (broad SMARTS) is 1. The molecule has 0 spiro atoms. The molecule has 0 aromatic carbocycles. The van der Waals surface area contributed by atoms with Crippen molar-refractivity contribution < 1.29 is 14.6 Å². The van der Waals surface area contributed by atoms with Gasteiger partial charge in [-0.05, 0) is 31.2 Å². The Balaban J connectivity index is 2.06. The molecule has 124 valence electrons. The molecule has 0 bridgehead atoms. The highest BCUT2D eigenvalue weighted by Crippen LogP contribution is 2.35. The maximum atomic E-state index is 12.9. The van der Waals surface area contributed by atoms with E-state index in [-0.39, 0.29) is 11.3 Å². The SMILES string of the molecule is COCCCn1c(SCC(=O)[O-])nc2sc3c(c2c1=O)CCC3. The monoisotopic (exact) mass is 353 g/mol. The minimum Gasteiger partial charge on any atom is -0.549 e. The van der Waals surface area contributed by atoms with Crippen molar-refractivity contribution in [3.8, 4) is 0 Å². The molecule has 0 saturated carbocycles. The molecule has 6 nitrogen and oxygen atoms in total. The number of thioether (sulfide) groups is 1. The smallest absolute Gasteiger partial charge is 0.263 e. The average Bonchev–Trinajstić information content (AvgIpc) is 3.07. The van der Waals surface area contributed by atoms with Crippen LogP contribution in [0.15, 0.2) is 9.95 Å². The van der Waals surface area contributed by atoms with Crippen molar-refractivity contribution in [2.24, 2.45) is 0 Å². The molecule has 2 aromatic heterocycles. The summed E-state index contributed by atoms with van der Waals surface area (Å²) in [4.78, 5) is 30.2. The Bertz CT molecular complexity index is 797. The number of methoxy groups -OCH3 is 1. The highest BCUT2D eigenvalue weighted by molar-refractivity contribution is 7.99. The molecule has 23 heavy (non-hydrogen) atoms. The predicted molar refractivity (Wildman–Crippen MR) is 88.1 cm³/mol. The molecular weight excluding hydrogens is 336 g/mol. The summed E-state index contributed by atoms with van der Waals surface area (Å²) >= 11 is 2.60. The second-order valence-electron chi connectivity index (χ2n) is 5.40. The first kappa shape index (κ1) is 16.5. The number of hydrogen-bond donors (Lipinski definition) is 0. The van der Waals surface area contributed by atoms with Gasteiger partial charge in [-0.2, -0.15) is 0 Å². The second kappa shape index (κ2) is 7.02. The Hall–Kier alpha value is -1.38. The van der Waals surface area contributed by atoms with Crippen LogP contribution in [0.2, 0.25) is 0 Å². The van der Waals surface area contributed by atoms with Crippen LogP contribution in [-0.4, -0.2) is 35.0 Å². The summed E-state index contributed by atoms with van der Waals surface area (Å²) in [6.07, 6.45) is 3.69. The predicted octanol–water partition coefficient (Wildman–Crippen LogP) is 0.825. The van der Waals surface area contributed by atoms with E-state index in [2.05, 4.69) is 4.98 Å². The maximum Gasteiger partial charge on any atom is 0.263 e. The van der Waals surface area contributed by atoms with Gasteiger partial charge in [-0.15, -0.1) is 11.3 Å². The molecular formula is C15H17N2O4S2-. The Morgan fingerprint density at radius 3 is 3.04 bits per heavy atom. The van der Waals surface area contributed by atoms with Gasteiger partial charge < -0.3 is 14.6 Å². The standard InChI is InChI=1S/C15H18N2O4S2/c1-21-7-3-6-17-14(20)12-9-4-2-5-10(9)23-13(12)16-15(17)22-8-11(18)19/h2-8H2,1H3,(H,18,19)/p-1. The summed E-state index contributed by atoms with van der Waals surface area (Å²) < 4.78 is 6.63. The first-order chi connectivity index (χ1) is 11.1. The van der Waals surface area contributed by atoms with Gasteiger partial charge in [0.25, 0.3) is 5.56 Å². The third-order valence-electron chi connectivity index (χ3n) is 3.84. The second-order valence-corrected chi connectivity index (χ2v) is 7.42. The number of nitrogens with zero attached hydrogens (tertiary/aromatic N) is 2. The minimum absolute atomic E-state index is 0.0636. The van der Waals surface area contributed by atoms with Crippen LogP contribution in [0, 0.1) is 0 Å². The van der Waals surface area contributed by atoms with E-state index >= 15 is 0 Å². The normalized spacial score (nSPS) is 13.6. The average molecular weight is 353 g/mol. The van der Waals surface area contributed by atoms with Crippen LogP contribution in [-0.2, 0) is 28.9 Å². The van der Waals surface area contributed by atoms with Crippen molar-refractivity contribution in [3.05, 3.63) is 20.8 Å². The number of ether oxygens (including phenoxy) is 1. The molecule has 0 saturated heterocycles. The lowest BCUT2D eigenvalue weighted by molar-refractivity contribution is -0.301. The van der Waals surface area contributed by atoms with Gasteiger partial charge in [0.15, 0.2) is 5.16 Å². The minimum atomic E-state index is -1.17. The zero-order valence-corrected chi connectivity index (χ0v) is 14.4. The van der Waals surface area contributed by atoms with E-state index in [0.717, 1.165) is 46.8 Å². The van der Waals surface area contributed by atoms with Crippen LogP contribution < -0.4 is 10.7 Å². The van der Waals surface area contributed by atoms with E-state index in [1.165, 1.54) is 4.88 Å². The molecule has 1 aliphatic carbocycles. The fraction of sp³-hybridized carbons (Fsp3) is 0.533. The van der Waals surface area contributed by atoms with E-state index in [0.29, 0.717) is 24.7 Å². The zero-order chi connectivity index (χ0) is 16.4. The van der Waals surface area contributed by atoms with E-state index in [9.17, 15) is 14.7 Å². The molecule has 0 fully saturated rings. The van der Waals surface area contributed by atoms with Gasteiger partial charge >= 0.3 is 0 Å². The number of aromatic nitrogens is 2. The van der Waals surface area contributed by atoms with Crippen molar-refractivity contribution in [1.29, 1.82) is 0 Å². The summed E-state index contributed by atoms with van der Waals surface area (Å²) in [6, 6.07) is 0.